The zero-order valence-corrected chi connectivity index (χ0v) is 15.8. The summed E-state index contributed by atoms with van der Waals surface area (Å²) < 4.78 is 0. The average Bonchev–Trinajstić information content (AvgIpc) is 2.66. The Hall–Kier alpha value is -2.77. The average molecular weight is 376 g/mol. The molecule has 1 aromatic carbocycles. The second kappa shape index (κ2) is 13.4. The molecule has 1 aromatic rings. The molecule has 0 aliphatic carbocycles. The van der Waals surface area contributed by atoms with Crippen molar-refractivity contribution < 1.29 is 14.5 Å². The van der Waals surface area contributed by atoms with Crippen LogP contribution in [0.1, 0.15) is 63.9 Å². The summed E-state index contributed by atoms with van der Waals surface area (Å²) in [6.07, 6.45) is 9.66. The van der Waals surface area contributed by atoms with Gasteiger partial charge in [-0.2, -0.15) is 5.10 Å². The SMILES string of the molecule is CCCCCCCCCC(=O)NCC(=O)N/N=C\c1cccc([N+](=O)[O-])c1. The number of nitro benzene ring substituents is 1. The molecule has 0 bridgehead atoms. The zero-order valence-electron chi connectivity index (χ0n) is 15.8. The van der Waals surface area contributed by atoms with Gasteiger partial charge in [-0.3, -0.25) is 19.7 Å². The van der Waals surface area contributed by atoms with Crippen molar-refractivity contribution >= 4 is 23.7 Å². The van der Waals surface area contributed by atoms with Gasteiger partial charge in [0.05, 0.1) is 17.7 Å². The van der Waals surface area contributed by atoms with Gasteiger partial charge in [0.1, 0.15) is 0 Å². The lowest BCUT2D eigenvalue weighted by Crippen LogP contribution is -2.34. The summed E-state index contributed by atoms with van der Waals surface area (Å²) in [5, 5.41) is 17.0. The smallest absolute Gasteiger partial charge is 0.270 e. The number of benzene rings is 1. The lowest BCUT2D eigenvalue weighted by molar-refractivity contribution is -0.384. The van der Waals surface area contributed by atoms with E-state index < -0.39 is 10.8 Å². The minimum atomic E-state index is -0.503. The maximum absolute atomic E-state index is 11.7. The van der Waals surface area contributed by atoms with Crippen LogP contribution in [0.15, 0.2) is 29.4 Å². The second-order valence-electron chi connectivity index (χ2n) is 6.29. The molecular weight excluding hydrogens is 348 g/mol. The summed E-state index contributed by atoms with van der Waals surface area (Å²) in [4.78, 5) is 33.5. The van der Waals surface area contributed by atoms with Gasteiger partial charge >= 0.3 is 0 Å². The van der Waals surface area contributed by atoms with Gasteiger partial charge in [-0.15, -0.1) is 0 Å². The Morgan fingerprint density at radius 1 is 1.11 bits per heavy atom. The van der Waals surface area contributed by atoms with Crippen LogP contribution in [0.2, 0.25) is 0 Å². The standard InChI is InChI=1S/C19H28N4O4/c1-2-3-4-5-6-7-8-12-18(24)20-15-19(25)22-21-14-16-10-9-11-17(13-16)23(26)27/h9-11,13-14H,2-8,12,15H2,1H3,(H,20,24)(H,22,25)/b21-14-. The molecule has 0 unspecified atom stereocenters. The van der Waals surface area contributed by atoms with Gasteiger partial charge in [0.15, 0.2) is 0 Å². The van der Waals surface area contributed by atoms with E-state index in [1.165, 1.54) is 50.1 Å². The third-order valence-corrected chi connectivity index (χ3v) is 3.94. The van der Waals surface area contributed by atoms with Crippen LogP contribution in [0.3, 0.4) is 0 Å². The number of nitrogens with one attached hydrogen (secondary N) is 2. The van der Waals surface area contributed by atoms with Crippen molar-refractivity contribution in [3.63, 3.8) is 0 Å². The summed E-state index contributed by atoms with van der Waals surface area (Å²) in [5.74, 6) is -0.606. The lowest BCUT2D eigenvalue weighted by atomic mass is 10.1. The molecule has 2 amide bonds. The number of amides is 2. The topological polar surface area (TPSA) is 114 Å². The molecule has 0 aliphatic heterocycles. The first-order valence-electron chi connectivity index (χ1n) is 9.36. The molecule has 0 saturated carbocycles. The van der Waals surface area contributed by atoms with E-state index in [1.54, 1.807) is 6.07 Å². The first kappa shape index (κ1) is 22.3. The number of nitrogens with zero attached hydrogens (tertiary/aromatic N) is 2. The second-order valence-corrected chi connectivity index (χ2v) is 6.29. The van der Waals surface area contributed by atoms with Crippen LogP contribution in [-0.2, 0) is 9.59 Å². The van der Waals surface area contributed by atoms with E-state index in [2.05, 4.69) is 22.8 Å². The monoisotopic (exact) mass is 376 g/mol. The molecule has 0 atom stereocenters. The summed E-state index contributed by atoms with van der Waals surface area (Å²) in [6, 6.07) is 5.88. The number of hydrogen-bond acceptors (Lipinski definition) is 5. The van der Waals surface area contributed by atoms with E-state index in [4.69, 9.17) is 0 Å². The Kier molecular flexibility index (Phi) is 11.1. The van der Waals surface area contributed by atoms with Crippen molar-refractivity contribution in [1.29, 1.82) is 0 Å². The predicted octanol–water partition coefficient (Wildman–Crippen LogP) is 3.30. The Morgan fingerprint density at radius 3 is 2.52 bits per heavy atom. The first-order valence-corrected chi connectivity index (χ1v) is 9.36. The molecule has 0 fully saturated rings. The number of unbranched alkanes of at least 4 members (excludes halogenated alkanes) is 6. The third kappa shape index (κ3) is 10.7. The summed E-state index contributed by atoms with van der Waals surface area (Å²) in [6.45, 7) is 2.03. The van der Waals surface area contributed by atoms with E-state index in [1.807, 2.05) is 0 Å². The van der Waals surface area contributed by atoms with Crippen molar-refractivity contribution in [2.45, 2.75) is 58.3 Å². The fourth-order valence-corrected chi connectivity index (χ4v) is 2.45. The van der Waals surface area contributed by atoms with Crippen molar-refractivity contribution in [3.05, 3.63) is 39.9 Å². The highest BCUT2D eigenvalue weighted by atomic mass is 16.6. The molecule has 0 saturated heterocycles. The summed E-state index contributed by atoms with van der Waals surface area (Å²) in [5.41, 5.74) is 2.72. The quantitative estimate of drug-likeness (QED) is 0.238. The number of hydrazone groups is 1. The van der Waals surface area contributed by atoms with Gasteiger partial charge in [0, 0.05) is 24.1 Å². The van der Waals surface area contributed by atoms with Crippen molar-refractivity contribution in [2.24, 2.45) is 5.10 Å². The normalized spacial score (nSPS) is 10.7. The van der Waals surface area contributed by atoms with Gasteiger partial charge < -0.3 is 5.32 Å². The van der Waals surface area contributed by atoms with Crippen molar-refractivity contribution in [1.82, 2.24) is 10.7 Å². The van der Waals surface area contributed by atoms with Gasteiger partial charge in [0.25, 0.3) is 11.6 Å². The first-order chi connectivity index (χ1) is 13.0. The molecule has 2 N–H and O–H groups in total. The summed E-state index contributed by atoms with van der Waals surface area (Å²) in [7, 11) is 0. The van der Waals surface area contributed by atoms with Gasteiger partial charge in [-0.05, 0) is 6.42 Å². The van der Waals surface area contributed by atoms with Crippen molar-refractivity contribution in [3.8, 4) is 0 Å². The van der Waals surface area contributed by atoms with Crippen molar-refractivity contribution in [2.75, 3.05) is 6.54 Å². The van der Waals surface area contributed by atoms with Crippen LogP contribution in [0.5, 0.6) is 0 Å². The Balaban J connectivity index is 2.17. The Morgan fingerprint density at radius 2 is 1.81 bits per heavy atom. The van der Waals surface area contributed by atoms with Crippen LogP contribution in [-0.4, -0.2) is 29.5 Å². The highest BCUT2D eigenvalue weighted by Gasteiger charge is 2.06. The van der Waals surface area contributed by atoms with Crippen LogP contribution >= 0.6 is 0 Å². The molecule has 0 aromatic heterocycles. The molecule has 0 spiro atoms. The van der Waals surface area contributed by atoms with Crippen LogP contribution < -0.4 is 10.7 Å². The Labute approximate surface area is 159 Å². The fourth-order valence-electron chi connectivity index (χ4n) is 2.45. The van der Waals surface area contributed by atoms with Gasteiger partial charge in [-0.1, -0.05) is 57.6 Å². The number of hydrogen-bond donors (Lipinski definition) is 2. The van der Waals surface area contributed by atoms with Crippen LogP contribution in [0, 0.1) is 10.1 Å². The maximum atomic E-state index is 11.7. The molecule has 8 heteroatoms. The molecule has 27 heavy (non-hydrogen) atoms. The van der Waals surface area contributed by atoms with Gasteiger partial charge in [-0.25, -0.2) is 5.43 Å². The highest BCUT2D eigenvalue weighted by molar-refractivity contribution is 5.86. The Bertz CT molecular complexity index is 646. The zero-order chi connectivity index (χ0) is 19.9. The van der Waals surface area contributed by atoms with E-state index >= 15 is 0 Å². The van der Waals surface area contributed by atoms with Gasteiger partial charge in [0.2, 0.25) is 5.91 Å². The van der Waals surface area contributed by atoms with E-state index in [0.29, 0.717) is 12.0 Å². The summed E-state index contributed by atoms with van der Waals surface area (Å²) >= 11 is 0. The molecule has 8 nitrogen and oxygen atoms in total. The number of rotatable bonds is 13. The number of carbonyl (C=O) groups excluding carboxylic acids is 2. The molecular formula is C19H28N4O4. The molecule has 0 heterocycles. The van der Waals surface area contributed by atoms with E-state index in [9.17, 15) is 19.7 Å². The molecule has 1 rings (SSSR count). The maximum Gasteiger partial charge on any atom is 0.270 e. The molecule has 0 aliphatic rings. The minimum Gasteiger partial charge on any atom is -0.347 e. The van der Waals surface area contributed by atoms with Crippen LogP contribution in [0.4, 0.5) is 5.69 Å². The molecule has 0 radical (unpaired) electrons. The third-order valence-electron chi connectivity index (χ3n) is 3.94. The number of nitro groups is 1. The highest BCUT2D eigenvalue weighted by Crippen LogP contribution is 2.11. The van der Waals surface area contributed by atoms with E-state index in [0.717, 1.165) is 19.3 Å². The minimum absolute atomic E-state index is 0.0529. The lowest BCUT2D eigenvalue weighted by Gasteiger charge is -2.04. The fraction of sp³-hybridized carbons (Fsp3) is 0.526. The predicted molar refractivity (Wildman–Crippen MR) is 104 cm³/mol. The van der Waals surface area contributed by atoms with E-state index in [-0.39, 0.29) is 18.1 Å². The number of non-ortho nitro benzene ring substituents is 1. The number of carbonyl (C=O) groups is 2. The van der Waals surface area contributed by atoms with Crippen LogP contribution in [0.25, 0.3) is 0 Å². The largest absolute Gasteiger partial charge is 0.347 e. The molecule has 148 valence electrons.